The zero-order valence-corrected chi connectivity index (χ0v) is 53.3. The summed E-state index contributed by atoms with van der Waals surface area (Å²) in [5.74, 6) is -0.860. The van der Waals surface area contributed by atoms with Crippen molar-refractivity contribution in [1.82, 2.24) is 0 Å². The fourth-order valence-corrected chi connectivity index (χ4v) is 10.2. The van der Waals surface area contributed by atoms with Gasteiger partial charge in [0.1, 0.15) is 13.2 Å². The van der Waals surface area contributed by atoms with Crippen molar-refractivity contribution in [2.45, 2.75) is 367 Å². The molecule has 0 aromatic carbocycles. The Bertz CT molecular complexity index is 1470. The van der Waals surface area contributed by atoms with Crippen LogP contribution >= 0.6 is 0 Å². The lowest BCUT2D eigenvalue weighted by atomic mass is 10.0. The summed E-state index contributed by atoms with van der Waals surface area (Å²) in [5.41, 5.74) is 0. The van der Waals surface area contributed by atoms with Crippen LogP contribution in [0.15, 0.2) is 72.9 Å². The highest BCUT2D eigenvalue weighted by atomic mass is 16.6. The van der Waals surface area contributed by atoms with Gasteiger partial charge in [-0.1, -0.05) is 325 Å². The predicted molar refractivity (Wildman–Crippen MR) is 348 cm³/mol. The molecule has 0 amide bonds. The molecule has 0 aliphatic rings. The van der Waals surface area contributed by atoms with Gasteiger partial charge >= 0.3 is 17.9 Å². The minimum absolute atomic E-state index is 0.0721. The van der Waals surface area contributed by atoms with Gasteiger partial charge in [-0.05, 0) is 89.9 Å². The first-order chi connectivity index (χ1) is 39.5. The van der Waals surface area contributed by atoms with Crippen molar-refractivity contribution in [1.29, 1.82) is 0 Å². The van der Waals surface area contributed by atoms with E-state index in [0.29, 0.717) is 19.3 Å². The Hall–Kier alpha value is -3.15. The second-order valence-corrected chi connectivity index (χ2v) is 23.4. The van der Waals surface area contributed by atoms with E-state index in [4.69, 9.17) is 14.2 Å². The zero-order chi connectivity index (χ0) is 57.8. The van der Waals surface area contributed by atoms with Crippen molar-refractivity contribution in [3.05, 3.63) is 72.9 Å². The molecule has 0 aromatic heterocycles. The number of ether oxygens (including phenoxy) is 3. The van der Waals surface area contributed by atoms with Crippen molar-refractivity contribution in [3.63, 3.8) is 0 Å². The molecule has 0 saturated heterocycles. The van der Waals surface area contributed by atoms with Gasteiger partial charge in [0.25, 0.3) is 0 Å². The van der Waals surface area contributed by atoms with E-state index < -0.39 is 6.10 Å². The van der Waals surface area contributed by atoms with E-state index in [2.05, 4.69) is 93.7 Å². The van der Waals surface area contributed by atoms with E-state index in [1.165, 1.54) is 225 Å². The average molecular weight is 1120 g/mol. The molecule has 0 aromatic rings. The van der Waals surface area contributed by atoms with E-state index in [9.17, 15) is 14.4 Å². The number of esters is 3. The van der Waals surface area contributed by atoms with Crippen LogP contribution in [0.25, 0.3) is 0 Å². The third-order valence-electron chi connectivity index (χ3n) is 15.4. The number of unbranched alkanes of at least 4 members (excludes halogenated alkanes) is 41. The SMILES string of the molecule is CC/C=C\C/C=C\C/C=C\C/C=C\C/C=C\CCCCCCCCCCCCCCCCCCCCCC(=O)OCC(COC(=O)CCCCCCCCCCCCC)OC(=O)CCCCCCC/C=C\CCCCCCCCC. The second kappa shape index (κ2) is 68.3. The van der Waals surface area contributed by atoms with Gasteiger partial charge in [0.2, 0.25) is 0 Å². The summed E-state index contributed by atoms with van der Waals surface area (Å²) in [5, 5.41) is 0. The number of rotatable bonds is 64. The molecule has 80 heavy (non-hydrogen) atoms. The Balaban J connectivity index is 4.07. The van der Waals surface area contributed by atoms with Crippen LogP contribution in [-0.4, -0.2) is 37.2 Å². The molecule has 0 aliphatic carbocycles. The quantitative estimate of drug-likeness (QED) is 0.0261. The first kappa shape index (κ1) is 76.9. The molecular formula is C74H132O6. The Morgan fingerprint density at radius 1 is 0.263 bits per heavy atom. The molecule has 1 unspecified atom stereocenters. The van der Waals surface area contributed by atoms with Crippen LogP contribution in [0.3, 0.4) is 0 Å². The average Bonchev–Trinajstić information content (AvgIpc) is 3.46. The van der Waals surface area contributed by atoms with E-state index in [1.807, 2.05) is 0 Å². The summed E-state index contributed by atoms with van der Waals surface area (Å²) in [7, 11) is 0. The normalized spacial score (nSPS) is 12.5. The van der Waals surface area contributed by atoms with Crippen LogP contribution < -0.4 is 0 Å². The van der Waals surface area contributed by atoms with Crippen molar-refractivity contribution < 1.29 is 28.6 Å². The molecule has 0 heterocycles. The maximum absolute atomic E-state index is 12.9. The van der Waals surface area contributed by atoms with E-state index in [0.717, 1.165) is 96.3 Å². The smallest absolute Gasteiger partial charge is 0.306 e. The summed E-state index contributed by atoms with van der Waals surface area (Å²) in [6, 6.07) is 0. The van der Waals surface area contributed by atoms with E-state index in [-0.39, 0.29) is 31.1 Å². The van der Waals surface area contributed by atoms with Crippen molar-refractivity contribution in [2.75, 3.05) is 13.2 Å². The summed E-state index contributed by atoms with van der Waals surface area (Å²) in [6.45, 7) is 6.56. The lowest BCUT2D eigenvalue weighted by Crippen LogP contribution is -2.30. The second-order valence-electron chi connectivity index (χ2n) is 23.4. The highest BCUT2D eigenvalue weighted by Gasteiger charge is 2.19. The minimum Gasteiger partial charge on any atom is -0.462 e. The highest BCUT2D eigenvalue weighted by Crippen LogP contribution is 2.18. The molecule has 0 aliphatic heterocycles. The zero-order valence-electron chi connectivity index (χ0n) is 53.3. The fraction of sp³-hybridized carbons (Fsp3) is 0.797. The summed E-state index contributed by atoms with van der Waals surface area (Å²) < 4.78 is 16.9. The number of allylic oxidation sites excluding steroid dienone is 12. The minimum atomic E-state index is -0.775. The third kappa shape index (κ3) is 65.7. The molecule has 1 atom stereocenters. The van der Waals surface area contributed by atoms with Crippen LogP contribution in [0.5, 0.6) is 0 Å². The van der Waals surface area contributed by atoms with Gasteiger partial charge in [0.15, 0.2) is 6.10 Å². The lowest BCUT2D eigenvalue weighted by molar-refractivity contribution is -0.167. The predicted octanol–water partition coefficient (Wildman–Crippen LogP) is 24.1. The summed E-state index contributed by atoms with van der Waals surface area (Å²) in [6.07, 6.45) is 89.4. The van der Waals surface area contributed by atoms with Crippen molar-refractivity contribution in [3.8, 4) is 0 Å². The Morgan fingerprint density at radius 2 is 0.487 bits per heavy atom. The molecule has 0 fully saturated rings. The summed E-state index contributed by atoms with van der Waals surface area (Å²) >= 11 is 0. The lowest BCUT2D eigenvalue weighted by Gasteiger charge is -2.18. The van der Waals surface area contributed by atoms with Crippen LogP contribution in [0, 0.1) is 0 Å². The number of hydrogen-bond acceptors (Lipinski definition) is 6. The van der Waals surface area contributed by atoms with Gasteiger partial charge in [-0.25, -0.2) is 0 Å². The van der Waals surface area contributed by atoms with Gasteiger partial charge in [-0.3, -0.25) is 14.4 Å². The van der Waals surface area contributed by atoms with Gasteiger partial charge in [-0.15, -0.1) is 0 Å². The molecule has 0 spiro atoms. The fourth-order valence-electron chi connectivity index (χ4n) is 10.2. The number of carbonyl (C=O) groups excluding carboxylic acids is 3. The van der Waals surface area contributed by atoms with Gasteiger partial charge in [0, 0.05) is 19.3 Å². The molecule has 0 N–H and O–H groups in total. The van der Waals surface area contributed by atoms with Gasteiger partial charge in [0.05, 0.1) is 0 Å². The van der Waals surface area contributed by atoms with Crippen LogP contribution in [0.1, 0.15) is 361 Å². The molecular weight excluding hydrogens is 985 g/mol. The molecule has 0 saturated carbocycles. The van der Waals surface area contributed by atoms with Gasteiger partial charge in [-0.2, -0.15) is 0 Å². The summed E-state index contributed by atoms with van der Waals surface area (Å²) in [4.78, 5) is 38.3. The highest BCUT2D eigenvalue weighted by molar-refractivity contribution is 5.71. The molecule has 0 rings (SSSR count). The van der Waals surface area contributed by atoms with Crippen LogP contribution in [0.4, 0.5) is 0 Å². The van der Waals surface area contributed by atoms with E-state index in [1.54, 1.807) is 0 Å². The van der Waals surface area contributed by atoms with Crippen LogP contribution in [0.2, 0.25) is 0 Å². The third-order valence-corrected chi connectivity index (χ3v) is 15.4. The molecule has 0 bridgehead atoms. The first-order valence-corrected chi connectivity index (χ1v) is 34.9. The van der Waals surface area contributed by atoms with Crippen molar-refractivity contribution >= 4 is 17.9 Å². The Labute approximate surface area is 497 Å². The Morgan fingerprint density at radius 3 is 0.775 bits per heavy atom. The number of hydrogen-bond donors (Lipinski definition) is 0. The largest absolute Gasteiger partial charge is 0.462 e. The van der Waals surface area contributed by atoms with Crippen LogP contribution in [-0.2, 0) is 28.6 Å². The monoisotopic (exact) mass is 1120 g/mol. The molecule has 6 nitrogen and oxygen atoms in total. The molecule has 6 heteroatoms. The molecule has 0 radical (unpaired) electrons. The van der Waals surface area contributed by atoms with Gasteiger partial charge < -0.3 is 14.2 Å². The maximum Gasteiger partial charge on any atom is 0.306 e. The van der Waals surface area contributed by atoms with E-state index >= 15 is 0 Å². The molecule has 464 valence electrons. The standard InChI is InChI=1S/C74H132O6/c1-4-7-10-13-16-19-22-24-26-28-29-30-31-32-33-34-35-36-37-38-39-40-41-42-43-44-45-46-48-49-52-55-58-61-64-67-73(76)79-70-71(69-78-72(75)66-63-60-57-54-51-21-18-15-12-9-6-3)80-74(77)68-65-62-59-56-53-50-47-27-25-23-20-17-14-11-8-5-2/h7,10,16,19,24,26-27,29-30,32-33,47,71H,4-6,8-9,11-15,17-18,20-23,25,28,31,34-46,48-70H2,1-3H3/b10-7-,19-16-,26-24-,30-29-,33-32-,47-27-. The maximum atomic E-state index is 12.9. The number of carbonyl (C=O) groups is 3. The van der Waals surface area contributed by atoms with Crippen molar-refractivity contribution in [2.24, 2.45) is 0 Å². The topological polar surface area (TPSA) is 78.9 Å². The Kier molecular flexibility index (Phi) is 65.7. The first-order valence-electron chi connectivity index (χ1n) is 34.9.